The van der Waals surface area contributed by atoms with Crippen LogP contribution in [-0.4, -0.2) is 38.6 Å². The van der Waals surface area contributed by atoms with Crippen LogP contribution in [0.2, 0.25) is 0 Å². The summed E-state index contributed by atoms with van der Waals surface area (Å²) < 4.78 is 4.52. The van der Waals surface area contributed by atoms with Crippen LogP contribution in [0.5, 0.6) is 0 Å². The fraction of sp³-hybridized carbons (Fsp3) is 0.667. The zero-order valence-corrected chi connectivity index (χ0v) is 6.83. The van der Waals surface area contributed by atoms with Crippen molar-refractivity contribution in [3.05, 3.63) is 0 Å². The van der Waals surface area contributed by atoms with Crippen LogP contribution in [-0.2, 0) is 19.2 Å². The largest absolute Gasteiger partial charge is 0.375 e. The van der Waals surface area contributed by atoms with Crippen molar-refractivity contribution in [3.63, 3.8) is 0 Å². The van der Waals surface area contributed by atoms with Gasteiger partial charge in [0.15, 0.2) is 5.78 Å². The average Bonchev–Trinajstić information content (AvgIpc) is 2.02. The van der Waals surface area contributed by atoms with Gasteiger partial charge in [-0.2, -0.15) is 0 Å². The molecule has 0 heterocycles. The van der Waals surface area contributed by atoms with Crippen LogP contribution in [0.3, 0.4) is 0 Å². The van der Waals surface area contributed by atoms with Gasteiger partial charge < -0.3 is 10.1 Å². The van der Waals surface area contributed by atoms with E-state index in [1.54, 1.807) is 0 Å². The number of Topliss-reactive ketones (excluding diaryl/α,β-unsaturated/α-hetero) is 1. The maximum atomic E-state index is 10.7. The molecule has 3 N–H and O–H groups in total. The highest BCUT2D eigenvalue weighted by atomic mass is 16.6. The summed E-state index contributed by atoms with van der Waals surface area (Å²) in [6.07, 6.45) is 0. The highest BCUT2D eigenvalue weighted by molar-refractivity contribution is 5.87. The Morgan fingerprint density at radius 3 is 2.58 bits per heavy atom. The van der Waals surface area contributed by atoms with Crippen molar-refractivity contribution in [2.24, 2.45) is 5.90 Å². The third-order valence-corrected chi connectivity index (χ3v) is 1.00. The minimum Gasteiger partial charge on any atom is -0.375 e. The average molecular weight is 176 g/mol. The topological polar surface area (TPSA) is 90.6 Å². The van der Waals surface area contributed by atoms with Crippen LogP contribution >= 0.6 is 0 Å². The minimum absolute atomic E-state index is 0.0588. The molecule has 0 atom stereocenters. The van der Waals surface area contributed by atoms with Gasteiger partial charge in [-0.05, 0) is 0 Å². The summed E-state index contributed by atoms with van der Waals surface area (Å²) in [4.78, 5) is 25.4. The Labute approximate surface area is 70.0 Å². The van der Waals surface area contributed by atoms with E-state index in [2.05, 4.69) is 20.8 Å². The fourth-order valence-electron chi connectivity index (χ4n) is 0.523. The highest BCUT2D eigenvalue weighted by Gasteiger charge is 2.04. The predicted molar refractivity (Wildman–Crippen MR) is 40.0 cm³/mol. The van der Waals surface area contributed by atoms with Crippen molar-refractivity contribution in [2.45, 2.75) is 0 Å². The van der Waals surface area contributed by atoms with E-state index in [1.807, 2.05) is 0 Å². The highest BCUT2D eigenvalue weighted by Crippen LogP contribution is 1.72. The Bertz CT molecular complexity index is 142. The summed E-state index contributed by atoms with van der Waals surface area (Å²) in [7, 11) is 1.39. The van der Waals surface area contributed by atoms with Gasteiger partial charge in [0.25, 0.3) is 0 Å². The maximum Gasteiger partial charge on any atom is 0.246 e. The Morgan fingerprint density at radius 2 is 2.08 bits per heavy atom. The second-order valence-electron chi connectivity index (χ2n) is 2.06. The first-order chi connectivity index (χ1) is 5.70. The van der Waals surface area contributed by atoms with Gasteiger partial charge in [0.1, 0.15) is 13.2 Å². The van der Waals surface area contributed by atoms with Crippen molar-refractivity contribution in [1.82, 2.24) is 5.32 Å². The van der Waals surface area contributed by atoms with Gasteiger partial charge in [0.2, 0.25) is 5.91 Å². The lowest BCUT2D eigenvalue weighted by atomic mass is 10.4. The molecule has 1 amide bonds. The first-order valence-corrected chi connectivity index (χ1v) is 3.29. The van der Waals surface area contributed by atoms with E-state index in [9.17, 15) is 9.59 Å². The van der Waals surface area contributed by atoms with E-state index in [4.69, 9.17) is 0 Å². The summed E-state index contributed by atoms with van der Waals surface area (Å²) in [6.45, 7) is -0.344. The molecule has 0 unspecified atom stereocenters. The molecule has 0 aromatic rings. The van der Waals surface area contributed by atoms with Crippen molar-refractivity contribution in [3.8, 4) is 0 Å². The molecule has 0 aliphatic rings. The van der Waals surface area contributed by atoms with Crippen molar-refractivity contribution >= 4 is 11.7 Å². The molecule has 0 rings (SSSR count). The Morgan fingerprint density at radius 1 is 1.42 bits per heavy atom. The lowest BCUT2D eigenvalue weighted by Crippen LogP contribution is -2.34. The Hall–Kier alpha value is -0.980. The molecule has 6 heteroatoms. The molecule has 0 saturated heterocycles. The second-order valence-corrected chi connectivity index (χ2v) is 2.06. The lowest BCUT2D eigenvalue weighted by Gasteiger charge is -2.01. The van der Waals surface area contributed by atoms with E-state index in [0.29, 0.717) is 0 Å². The molecule has 70 valence electrons. The smallest absolute Gasteiger partial charge is 0.246 e. The number of rotatable bonds is 6. The van der Waals surface area contributed by atoms with Gasteiger partial charge in [0, 0.05) is 7.11 Å². The van der Waals surface area contributed by atoms with Gasteiger partial charge in [-0.1, -0.05) is 0 Å². The molecule has 0 fully saturated rings. The SMILES string of the molecule is COCC(=O)NCC(=O)CON. The molecular weight excluding hydrogens is 164 g/mol. The summed E-state index contributed by atoms with van der Waals surface area (Å²) in [6, 6.07) is 0. The number of carbonyl (C=O) groups is 2. The number of ketones is 1. The van der Waals surface area contributed by atoms with Crippen LogP contribution in [0.4, 0.5) is 0 Å². The summed E-state index contributed by atoms with van der Waals surface area (Å²) in [5, 5.41) is 2.32. The van der Waals surface area contributed by atoms with Crippen LogP contribution in [0.1, 0.15) is 0 Å². The number of methoxy groups -OCH3 is 1. The van der Waals surface area contributed by atoms with E-state index in [0.717, 1.165) is 0 Å². The minimum atomic E-state index is -0.345. The molecular formula is C6H12N2O4. The van der Waals surface area contributed by atoms with Crippen molar-refractivity contribution in [2.75, 3.05) is 26.9 Å². The molecule has 0 bridgehead atoms. The molecule has 0 radical (unpaired) electrons. The summed E-state index contributed by atoms with van der Waals surface area (Å²) >= 11 is 0. The van der Waals surface area contributed by atoms with Gasteiger partial charge in [0.05, 0.1) is 6.54 Å². The fourth-order valence-corrected chi connectivity index (χ4v) is 0.523. The lowest BCUT2D eigenvalue weighted by molar-refractivity contribution is -0.129. The molecule has 0 aromatic heterocycles. The number of carbonyl (C=O) groups excluding carboxylic acids is 2. The second kappa shape index (κ2) is 6.71. The monoisotopic (exact) mass is 176 g/mol. The van der Waals surface area contributed by atoms with Crippen LogP contribution < -0.4 is 11.2 Å². The number of ether oxygens (including phenoxy) is 1. The molecule has 0 spiro atoms. The molecule has 0 aliphatic heterocycles. The quantitative estimate of drug-likeness (QED) is 0.466. The first kappa shape index (κ1) is 11.0. The number of hydrogen-bond acceptors (Lipinski definition) is 5. The van der Waals surface area contributed by atoms with Crippen molar-refractivity contribution < 1.29 is 19.2 Å². The standard InChI is InChI=1S/C6H12N2O4/c1-11-4-6(10)8-2-5(9)3-12-7/h2-4,7H2,1H3,(H,8,10). The van der Waals surface area contributed by atoms with E-state index >= 15 is 0 Å². The zero-order valence-electron chi connectivity index (χ0n) is 6.83. The van der Waals surface area contributed by atoms with Crippen LogP contribution in [0.25, 0.3) is 0 Å². The van der Waals surface area contributed by atoms with Gasteiger partial charge >= 0.3 is 0 Å². The predicted octanol–water partition coefficient (Wildman–Crippen LogP) is -1.79. The summed E-state index contributed by atoms with van der Waals surface area (Å²) in [5.41, 5.74) is 0. The Balaban J connectivity index is 3.40. The van der Waals surface area contributed by atoms with Crippen LogP contribution in [0, 0.1) is 0 Å². The summed E-state index contributed by atoms with van der Waals surface area (Å²) in [5.74, 6) is 4.00. The van der Waals surface area contributed by atoms with E-state index < -0.39 is 0 Å². The third kappa shape index (κ3) is 5.78. The number of nitrogens with one attached hydrogen (secondary N) is 1. The third-order valence-electron chi connectivity index (χ3n) is 1.00. The Kier molecular flexibility index (Phi) is 6.16. The maximum absolute atomic E-state index is 10.7. The van der Waals surface area contributed by atoms with E-state index in [-0.39, 0.29) is 31.4 Å². The molecule has 0 saturated carbocycles. The molecule has 0 aliphatic carbocycles. The zero-order chi connectivity index (χ0) is 9.40. The number of hydrogen-bond donors (Lipinski definition) is 2. The molecule has 12 heavy (non-hydrogen) atoms. The van der Waals surface area contributed by atoms with Crippen LogP contribution in [0.15, 0.2) is 0 Å². The normalized spacial score (nSPS) is 9.50. The molecule has 6 nitrogen and oxygen atoms in total. The van der Waals surface area contributed by atoms with Gasteiger partial charge in [-0.25, -0.2) is 5.90 Å². The molecule has 0 aromatic carbocycles. The van der Waals surface area contributed by atoms with Gasteiger partial charge in [-0.15, -0.1) is 0 Å². The number of amides is 1. The first-order valence-electron chi connectivity index (χ1n) is 3.29. The van der Waals surface area contributed by atoms with Gasteiger partial charge in [-0.3, -0.25) is 14.4 Å². The van der Waals surface area contributed by atoms with E-state index in [1.165, 1.54) is 7.11 Å². The van der Waals surface area contributed by atoms with Crippen molar-refractivity contribution in [1.29, 1.82) is 0 Å². The number of nitrogens with two attached hydrogens (primary N) is 1.